The van der Waals surface area contributed by atoms with Crippen LogP contribution in [0.2, 0.25) is 0 Å². The Hall–Kier alpha value is -3.57. The molecule has 5 rings (SSSR count). The molecule has 2 N–H and O–H groups in total. The van der Waals surface area contributed by atoms with E-state index in [0.717, 1.165) is 4.88 Å². The van der Waals surface area contributed by atoms with Crippen molar-refractivity contribution < 1.29 is 17.7 Å². The number of nitrogens with one attached hydrogen (secondary N) is 2. The van der Waals surface area contributed by atoms with Crippen LogP contribution in [0.5, 0.6) is 0 Å². The third-order valence-corrected chi connectivity index (χ3v) is 7.62. The van der Waals surface area contributed by atoms with Gasteiger partial charge in [-0.2, -0.15) is 0 Å². The Balaban J connectivity index is 1.29. The Kier molecular flexibility index (Phi) is 5.22. The Morgan fingerprint density at radius 1 is 1.15 bits per heavy atom. The van der Waals surface area contributed by atoms with E-state index < -0.39 is 15.4 Å². The topological polar surface area (TPSA) is 127 Å². The number of aryl methyl sites for hydroxylation is 1. The van der Waals surface area contributed by atoms with Crippen molar-refractivity contribution in [2.45, 2.75) is 30.1 Å². The highest BCUT2D eigenvalue weighted by atomic mass is 32.2. The summed E-state index contributed by atoms with van der Waals surface area (Å²) in [4.78, 5) is 22.0. The fourth-order valence-corrected chi connectivity index (χ4v) is 5.03. The van der Waals surface area contributed by atoms with E-state index in [9.17, 15) is 13.2 Å². The minimum atomic E-state index is -3.86. The van der Waals surface area contributed by atoms with Gasteiger partial charge in [0.1, 0.15) is 0 Å². The Morgan fingerprint density at radius 3 is 2.61 bits per heavy atom. The number of carbonyl (C=O) groups excluding carboxylic acids is 1. The summed E-state index contributed by atoms with van der Waals surface area (Å²) in [6.07, 6.45) is 2.81. The minimum Gasteiger partial charge on any atom is -0.355 e. The standard InChI is InChI=1S/C22H19N5O4S2/c1-14-8-11-23-21(24-14)27-33(29,30)16-6-4-15(5-7-16)25-20(28)22(9-10-22)19-13-17(31-26-19)18-3-2-12-32-18/h2-8,11-13H,9-10H2,1H3,(H,25,28)(H,23,24,27). The number of thiophene rings is 1. The second-order valence-electron chi connectivity index (χ2n) is 7.74. The second-order valence-corrected chi connectivity index (χ2v) is 10.4. The van der Waals surface area contributed by atoms with E-state index in [1.54, 1.807) is 25.1 Å². The van der Waals surface area contributed by atoms with Crippen molar-refractivity contribution in [1.29, 1.82) is 0 Å². The van der Waals surface area contributed by atoms with E-state index in [-0.39, 0.29) is 16.8 Å². The van der Waals surface area contributed by atoms with Crippen LogP contribution >= 0.6 is 11.3 Å². The molecule has 1 aliphatic rings. The molecule has 0 bridgehead atoms. The zero-order valence-corrected chi connectivity index (χ0v) is 19.1. The Morgan fingerprint density at radius 2 is 1.94 bits per heavy atom. The van der Waals surface area contributed by atoms with Gasteiger partial charge in [-0.05, 0) is 61.5 Å². The van der Waals surface area contributed by atoms with E-state index in [0.29, 0.717) is 35.7 Å². The Bertz CT molecular complexity index is 1410. The largest absolute Gasteiger partial charge is 0.355 e. The van der Waals surface area contributed by atoms with Crippen molar-refractivity contribution in [3.05, 3.63) is 71.5 Å². The van der Waals surface area contributed by atoms with E-state index in [2.05, 4.69) is 25.2 Å². The average Bonchev–Trinajstić information content (AvgIpc) is 3.18. The monoisotopic (exact) mass is 481 g/mol. The van der Waals surface area contributed by atoms with Crippen LogP contribution in [0.1, 0.15) is 24.2 Å². The summed E-state index contributed by atoms with van der Waals surface area (Å²) in [7, 11) is -3.86. The number of benzene rings is 1. The van der Waals surface area contributed by atoms with Crippen LogP contribution in [-0.2, 0) is 20.2 Å². The number of rotatable bonds is 7. The lowest BCUT2D eigenvalue weighted by atomic mass is 10.0. The third kappa shape index (κ3) is 4.24. The molecule has 11 heteroatoms. The van der Waals surface area contributed by atoms with Gasteiger partial charge < -0.3 is 9.84 Å². The molecule has 1 aromatic carbocycles. The van der Waals surface area contributed by atoms with Crippen LogP contribution in [0, 0.1) is 6.92 Å². The van der Waals surface area contributed by atoms with Gasteiger partial charge in [0, 0.05) is 23.6 Å². The van der Waals surface area contributed by atoms with Crippen LogP contribution in [-0.4, -0.2) is 29.4 Å². The van der Waals surface area contributed by atoms with E-state index in [1.807, 2.05) is 23.6 Å². The molecule has 1 aliphatic carbocycles. The third-order valence-electron chi connectivity index (χ3n) is 5.39. The summed E-state index contributed by atoms with van der Waals surface area (Å²) in [5, 5.41) is 8.95. The van der Waals surface area contributed by atoms with Gasteiger partial charge in [0.05, 0.1) is 20.9 Å². The summed E-state index contributed by atoms with van der Waals surface area (Å²) in [6.45, 7) is 1.74. The molecule has 9 nitrogen and oxygen atoms in total. The lowest BCUT2D eigenvalue weighted by molar-refractivity contribution is -0.118. The number of hydrogen-bond acceptors (Lipinski definition) is 8. The quantitative estimate of drug-likeness (QED) is 0.409. The van der Waals surface area contributed by atoms with Crippen molar-refractivity contribution in [3.8, 4) is 10.6 Å². The highest BCUT2D eigenvalue weighted by molar-refractivity contribution is 7.92. The smallest absolute Gasteiger partial charge is 0.264 e. The number of aromatic nitrogens is 3. The van der Waals surface area contributed by atoms with Gasteiger partial charge in [-0.25, -0.2) is 23.1 Å². The van der Waals surface area contributed by atoms with Crippen LogP contribution in [0.15, 0.2) is 69.5 Å². The summed E-state index contributed by atoms with van der Waals surface area (Å²) < 4.78 is 33.0. The SMILES string of the molecule is Cc1ccnc(NS(=O)(=O)c2ccc(NC(=O)C3(c4cc(-c5cccs5)on4)CC3)cc2)n1. The first-order valence-corrected chi connectivity index (χ1v) is 12.5. The summed E-state index contributed by atoms with van der Waals surface area (Å²) in [5.41, 5.74) is 1.00. The fourth-order valence-electron chi connectivity index (χ4n) is 3.41. The molecule has 3 heterocycles. The van der Waals surface area contributed by atoms with Gasteiger partial charge in [0.25, 0.3) is 10.0 Å². The molecule has 1 saturated carbocycles. The molecular weight excluding hydrogens is 462 g/mol. The number of hydrogen-bond donors (Lipinski definition) is 2. The average molecular weight is 482 g/mol. The van der Waals surface area contributed by atoms with Crippen molar-refractivity contribution in [2.24, 2.45) is 0 Å². The molecule has 0 aliphatic heterocycles. The van der Waals surface area contributed by atoms with Crippen molar-refractivity contribution in [3.63, 3.8) is 0 Å². The van der Waals surface area contributed by atoms with Gasteiger partial charge in [0.2, 0.25) is 11.9 Å². The first-order valence-electron chi connectivity index (χ1n) is 10.1. The summed E-state index contributed by atoms with van der Waals surface area (Å²) in [5.74, 6) is 0.437. The molecule has 3 aromatic heterocycles. The van der Waals surface area contributed by atoms with Crippen LogP contribution < -0.4 is 10.0 Å². The predicted molar refractivity (Wildman–Crippen MR) is 123 cm³/mol. The second kappa shape index (κ2) is 8.09. The maximum Gasteiger partial charge on any atom is 0.264 e. The van der Waals surface area contributed by atoms with Gasteiger partial charge in [-0.3, -0.25) is 4.79 Å². The lowest BCUT2D eigenvalue weighted by Crippen LogP contribution is -2.28. The fraction of sp³-hybridized carbons (Fsp3) is 0.182. The zero-order valence-electron chi connectivity index (χ0n) is 17.5. The van der Waals surface area contributed by atoms with Crippen LogP contribution in [0.4, 0.5) is 11.6 Å². The molecular formula is C22H19N5O4S2. The van der Waals surface area contributed by atoms with Gasteiger partial charge in [-0.1, -0.05) is 11.2 Å². The van der Waals surface area contributed by atoms with Gasteiger partial charge in [-0.15, -0.1) is 11.3 Å². The molecule has 0 spiro atoms. The van der Waals surface area contributed by atoms with Crippen LogP contribution in [0.25, 0.3) is 10.6 Å². The molecule has 33 heavy (non-hydrogen) atoms. The van der Waals surface area contributed by atoms with Crippen molar-refractivity contribution in [2.75, 3.05) is 10.0 Å². The first-order chi connectivity index (χ1) is 15.9. The highest BCUT2D eigenvalue weighted by Crippen LogP contribution is 2.49. The highest BCUT2D eigenvalue weighted by Gasteiger charge is 2.53. The molecule has 1 fully saturated rings. The maximum absolute atomic E-state index is 13.0. The normalized spacial score (nSPS) is 14.6. The Labute approximate surface area is 193 Å². The molecule has 168 valence electrons. The van der Waals surface area contributed by atoms with Crippen molar-refractivity contribution >= 4 is 38.9 Å². The van der Waals surface area contributed by atoms with E-state index in [1.165, 1.54) is 29.7 Å². The molecule has 0 atom stereocenters. The van der Waals surface area contributed by atoms with Gasteiger partial charge in [0.15, 0.2) is 5.76 Å². The molecule has 1 amide bonds. The molecule has 0 saturated heterocycles. The maximum atomic E-state index is 13.0. The number of anilines is 2. The lowest BCUT2D eigenvalue weighted by Gasteiger charge is -2.13. The number of carbonyl (C=O) groups is 1. The van der Waals surface area contributed by atoms with Crippen LogP contribution in [0.3, 0.4) is 0 Å². The molecule has 0 radical (unpaired) electrons. The van der Waals surface area contributed by atoms with E-state index in [4.69, 9.17) is 4.52 Å². The first kappa shape index (κ1) is 21.3. The summed E-state index contributed by atoms with van der Waals surface area (Å²) in [6, 6.07) is 13.3. The van der Waals surface area contributed by atoms with Gasteiger partial charge >= 0.3 is 0 Å². The number of amides is 1. The van der Waals surface area contributed by atoms with Crippen molar-refractivity contribution in [1.82, 2.24) is 15.1 Å². The number of nitrogens with zero attached hydrogens (tertiary/aromatic N) is 3. The molecule has 4 aromatic rings. The van der Waals surface area contributed by atoms with E-state index >= 15 is 0 Å². The predicted octanol–water partition coefficient (Wildman–Crippen LogP) is 3.97. The number of sulfonamides is 1. The summed E-state index contributed by atoms with van der Waals surface area (Å²) >= 11 is 1.54. The molecule has 0 unspecified atom stereocenters. The zero-order chi connectivity index (χ0) is 23.1. The minimum absolute atomic E-state index is 0.00224.